The molecular formula is C18H18N4O4. The molecule has 0 radical (unpaired) electrons. The van der Waals surface area contributed by atoms with E-state index in [9.17, 15) is 9.59 Å². The number of carbonyl (C=O) groups excluding carboxylic acids is 2. The van der Waals surface area contributed by atoms with E-state index in [4.69, 9.17) is 15.2 Å². The number of benzene rings is 1. The quantitative estimate of drug-likeness (QED) is 0.878. The summed E-state index contributed by atoms with van der Waals surface area (Å²) in [5.41, 5.74) is 6.10. The van der Waals surface area contributed by atoms with E-state index in [1.165, 1.54) is 0 Å². The third kappa shape index (κ3) is 3.01. The highest BCUT2D eigenvalue weighted by Gasteiger charge is 2.25. The first kappa shape index (κ1) is 16.2. The summed E-state index contributed by atoms with van der Waals surface area (Å²) in [6, 6.07) is 10.4. The SMILES string of the molecule is NC(=O)c1cccc(N2CCN(C(=O)c3ccc4c(c3)OCO4)CC2)n1. The van der Waals surface area contributed by atoms with Gasteiger partial charge in [0, 0.05) is 31.7 Å². The number of ether oxygens (including phenoxy) is 2. The van der Waals surface area contributed by atoms with Gasteiger partial charge in [-0.3, -0.25) is 9.59 Å². The van der Waals surface area contributed by atoms with Gasteiger partial charge in [-0.2, -0.15) is 0 Å². The van der Waals surface area contributed by atoms with E-state index in [1.807, 2.05) is 11.0 Å². The van der Waals surface area contributed by atoms with Gasteiger partial charge in [0.2, 0.25) is 6.79 Å². The van der Waals surface area contributed by atoms with Crippen LogP contribution in [0.5, 0.6) is 11.5 Å². The summed E-state index contributed by atoms with van der Waals surface area (Å²) in [7, 11) is 0. The summed E-state index contributed by atoms with van der Waals surface area (Å²) in [4.78, 5) is 32.1. The summed E-state index contributed by atoms with van der Waals surface area (Å²) < 4.78 is 10.6. The molecule has 1 saturated heterocycles. The number of amides is 2. The van der Waals surface area contributed by atoms with E-state index >= 15 is 0 Å². The molecule has 2 aliphatic rings. The number of anilines is 1. The lowest BCUT2D eigenvalue weighted by molar-refractivity contribution is 0.0746. The van der Waals surface area contributed by atoms with Gasteiger partial charge in [-0.25, -0.2) is 4.98 Å². The number of pyridine rings is 1. The van der Waals surface area contributed by atoms with Gasteiger partial charge in [0.15, 0.2) is 11.5 Å². The van der Waals surface area contributed by atoms with Crippen molar-refractivity contribution in [3.8, 4) is 11.5 Å². The number of nitrogens with two attached hydrogens (primary N) is 1. The van der Waals surface area contributed by atoms with Gasteiger partial charge in [0.25, 0.3) is 11.8 Å². The molecule has 134 valence electrons. The first-order chi connectivity index (χ1) is 12.6. The van der Waals surface area contributed by atoms with Crippen molar-refractivity contribution in [3.05, 3.63) is 47.7 Å². The van der Waals surface area contributed by atoms with Crippen molar-refractivity contribution in [2.75, 3.05) is 37.9 Å². The lowest BCUT2D eigenvalue weighted by atomic mass is 10.1. The van der Waals surface area contributed by atoms with Crippen molar-refractivity contribution < 1.29 is 19.1 Å². The molecule has 1 fully saturated rings. The zero-order valence-corrected chi connectivity index (χ0v) is 14.1. The van der Waals surface area contributed by atoms with Crippen molar-refractivity contribution in [1.82, 2.24) is 9.88 Å². The number of piperazine rings is 1. The van der Waals surface area contributed by atoms with Crippen LogP contribution in [0.3, 0.4) is 0 Å². The van der Waals surface area contributed by atoms with Crippen molar-refractivity contribution in [2.45, 2.75) is 0 Å². The number of primary amides is 1. The Kier molecular flexibility index (Phi) is 4.08. The molecule has 2 N–H and O–H groups in total. The fourth-order valence-corrected chi connectivity index (χ4v) is 3.09. The highest BCUT2D eigenvalue weighted by atomic mass is 16.7. The molecular weight excluding hydrogens is 336 g/mol. The van der Waals surface area contributed by atoms with Crippen molar-refractivity contribution in [2.24, 2.45) is 5.73 Å². The lowest BCUT2D eigenvalue weighted by Crippen LogP contribution is -2.49. The fraction of sp³-hybridized carbons (Fsp3) is 0.278. The van der Waals surface area contributed by atoms with Crippen LogP contribution in [0.1, 0.15) is 20.8 Å². The monoisotopic (exact) mass is 354 g/mol. The molecule has 0 atom stereocenters. The Morgan fingerprint density at radius 3 is 2.54 bits per heavy atom. The topological polar surface area (TPSA) is 98.0 Å². The normalized spacial score (nSPS) is 15.8. The van der Waals surface area contributed by atoms with Crippen LogP contribution >= 0.6 is 0 Å². The minimum absolute atomic E-state index is 0.0400. The number of fused-ring (bicyclic) bond motifs is 1. The molecule has 0 aliphatic carbocycles. The minimum atomic E-state index is -0.552. The first-order valence-corrected chi connectivity index (χ1v) is 8.32. The van der Waals surface area contributed by atoms with E-state index < -0.39 is 5.91 Å². The fourth-order valence-electron chi connectivity index (χ4n) is 3.09. The Morgan fingerprint density at radius 1 is 1.00 bits per heavy atom. The van der Waals surface area contributed by atoms with Gasteiger partial charge < -0.3 is 25.0 Å². The summed E-state index contributed by atoms with van der Waals surface area (Å²) in [6.07, 6.45) is 0. The second-order valence-corrected chi connectivity index (χ2v) is 6.09. The van der Waals surface area contributed by atoms with Crippen LogP contribution in [0.25, 0.3) is 0 Å². The average Bonchev–Trinajstić information content (AvgIpc) is 3.15. The summed E-state index contributed by atoms with van der Waals surface area (Å²) in [6.45, 7) is 2.57. The largest absolute Gasteiger partial charge is 0.454 e. The van der Waals surface area contributed by atoms with E-state index in [2.05, 4.69) is 4.98 Å². The summed E-state index contributed by atoms with van der Waals surface area (Å²) >= 11 is 0. The molecule has 1 aromatic carbocycles. The standard InChI is InChI=1S/C18H18N4O4/c19-17(23)13-2-1-3-16(20-13)21-6-8-22(9-7-21)18(24)12-4-5-14-15(10-12)26-11-25-14/h1-5,10H,6-9,11H2,(H2,19,23). The maximum atomic E-state index is 12.7. The molecule has 2 aromatic rings. The highest BCUT2D eigenvalue weighted by Crippen LogP contribution is 2.32. The lowest BCUT2D eigenvalue weighted by Gasteiger charge is -2.35. The molecule has 8 heteroatoms. The maximum absolute atomic E-state index is 12.7. The van der Waals surface area contributed by atoms with Crippen LogP contribution in [0.2, 0.25) is 0 Å². The number of hydrogen-bond acceptors (Lipinski definition) is 6. The van der Waals surface area contributed by atoms with Gasteiger partial charge in [-0.1, -0.05) is 6.07 Å². The Balaban J connectivity index is 1.42. The van der Waals surface area contributed by atoms with Gasteiger partial charge in [0.05, 0.1) is 0 Å². The highest BCUT2D eigenvalue weighted by molar-refractivity contribution is 5.95. The van der Waals surface area contributed by atoms with E-state index in [0.29, 0.717) is 49.1 Å². The van der Waals surface area contributed by atoms with Crippen molar-refractivity contribution in [3.63, 3.8) is 0 Å². The smallest absolute Gasteiger partial charge is 0.267 e. The molecule has 1 aromatic heterocycles. The predicted molar refractivity (Wildman–Crippen MR) is 93.4 cm³/mol. The second-order valence-electron chi connectivity index (χ2n) is 6.09. The van der Waals surface area contributed by atoms with Crippen LogP contribution < -0.4 is 20.1 Å². The Bertz CT molecular complexity index is 862. The molecule has 2 amide bonds. The van der Waals surface area contributed by atoms with Crippen LogP contribution in [-0.4, -0.2) is 54.7 Å². The van der Waals surface area contributed by atoms with Crippen LogP contribution in [0.15, 0.2) is 36.4 Å². The zero-order valence-electron chi connectivity index (χ0n) is 14.1. The number of hydrogen-bond donors (Lipinski definition) is 1. The minimum Gasteiger partial charge on any atom is -0.454 e. The Labute approximate surface area is 150 Å². The third-order valence-electron chi connectivity index (χ3n) is 4.50. The molecule has 26 heavy (non-hydrogen) atoms. The Morgan fingerprint density at radius 2 is 1.77 bits per heavy atom. The number of rotatable bonds is 3. The van der Waals surface area contributed by atoms with Crippen molar-refractivity contribution >= 4 is 17.6 Å². The molecule has 3 heterocycles. The molecule has 0 unspecified atom stereocenters. The van der Waals surface area contributed by atoms with Gasteiger partial charge in [0.1, 0.15) is 11.5 Å². The second kappa shape index (κ2) is 6.55. The predicted octanol–water partition coefficient (Wildman–Crippen LogP) is 0.872. The van der Waals surface area contributed by atoms with Crippen LogP contribution in [0.4, 0.5) is 5.82 Å². The van der Waals surface area contributed by atoms with Gasteiger partial charge in [-0.05, 0) is 30.3 Å². The molecule has 0 saturated carbocycles. The van der Waals surface area contributed by atoms with Gasteiger partial charge >= 0.3 is 0 Å². The summed E-state index contributed by atoms with van der Waals surface area (Å²) in [5, 5.41) is 0. The van der Waals surface area contributed by atoms with E-state index in [1.54, 1.807) is 35.2 Å². The first-order valence-electron chi connectivity index (χ1n) is 8.32. The van der Waals surface area contributed by atoms with Crippen LogP contribution in [0, 0.1) is 0 Å². The average molecular weight is 354 g/mol. The maximum Gasteiger partial charge on any atom is 0.267 e. The van der Waals surface area contributed by atoms with E-state index in [-0.39, 0.29) is 18.4 Å². The molecule has 0 bridgehead atoms. The van der Waals surface area contributed by atoms with E-state index in [0.717, 1.165) is 0 Å². The molecule has 8 nitrogen and oxygen atoms in total. The molecule has 0 spiro atoms. The molecule has 2 aliphatic heterocycles. The number of nitrogens with zero attached hydrogens (tertiary/aromatic N) is 3. The molecule has 4 rings (SSSR count). The zero-order chi connectivity index (χ0) is 18.1. The number of carbonyl (C=O) groups is 2. The third-order valence-corrected chi connectivity index (χ3v) is 4.50. The van der Waals surface area contributed by atoms with Crippen LogP contribution in [-0.2, 0) is 0 Å². The summed E-state index contributed by atoms with van der Waals surface area (Å²) in [5.74, 6) is 1.36. The van der Waals surface area contributed by atoms with Gasteiger partial charge in [-0.15, -0.1) is 0 Å². The van der Waals surface area contributed by atoms with Crippen molar-refractivity contribution in [1.29, 1.82) is 0 Å². The number of aromatic nitrogens is 1. The Hall–Kier alpha value is -3.29.